The molecule has 0 aromatic heterocycles. The van der Waals surface area contributed by atoms with Crippen LogP contribution in [0.15, 0.2) is 23.1 Å². The molecule has 1 fully saturated rings. The first-order chi connectivity index (χ1) is 9.83. The third-order valence-corrected chi connectivity index (χ3v) is 4.67. The number of rotatable bonds is 7. The number of alkyl halides is 2. The normalized spacial score (nSPS) is 17.0. The number of hydrogen-bond acceptors (Lipinski definition) is 4. The lowest BCUT2D eigenvalue weighted by Gasteiger charge is -2.16. The first kappa shape index (κ1) is 16.1. The van der Waals surface area contributed by atoms with Crippen LogP contribution in [0.25, 0.3) is 0 Å². The van der Waals surface area contributed by atoms with E-state index in [-0.39, 0.29) is 17.4 Å². The Morgan fingerprint density at radius 3 is 2.52 bits per heavy atom. The van der Waals surface area contributed by atoms with Gasteiger partial charge in [0.05, 0.1) is 4.90 Å². The molecule has 1 aliphatic rings. The fourth-order valence-electron chi connectivity index (χ4n) is 1.94. The number of benzene rings is 1. The zero-order valence-corrected chi connectivity index (χ0v) is 11.7. The number of nitrogens with two attached hydrogens (primary N) is 1. The smallest absolute Gasteiger partial charge is 0.387 e. The molecule has 1 atom stereocenters. The standard InChI is InChI=1S/C12H15F3N2O3S/c13-9-5-8(3-4-11(9)20-12(14)15)21(18,19)17-10(6-16)7-1-2-7/h3-5,7,10,12,17H,1-2,6,16H2. The van der Waals surface area contributed by atoms with Crippen molar-refractivity contribution in [2.24, 2.45) is 11.7 Å². The van der Waals surface area contributed by atoms with Crippen LogP contribution in [0.4, 0.5) is 13.2 Å². The monoisotopic (exact) mass is 324 g/mol. The van der Waals surface area contributed by atoms with Crippen molar-refractivity contribution >= 4 is 10.0 Å². The Morgan fingerprint density at radius 2 is 2.05 bits per heavy atom. The number of sulfonamides is 1. The van der Waals surface area contributed by atoms with Gasteiger partial charge in [0.2, 0.25) is 10.0 Å². The van der Waals surface area contributed by atoms with E-state index in [1.807, 2.05) is 0 Å². The van der Waals surface area contributed by atoms with Crippen molar-refractivity contribution in [2.45, 2.75) is 30.4 Å². The summed E-state index contributed by atoms with van der Waals surface area (Å²) in [4.78, 5) is -0.360. The molecule has 0 heterocycles. The lowest BCUT2D eigenvalue weighted by atomic mass is 10.2. The van der Waals surface area contributed by atoms with Gasteiger partial charge in [0, 0.05) is 12.6 Å². The second-order valence-electron chi connectivity index (χ2n) is 4.77. The molecule has 5 nitrogen and oxygen atoms in total. The summed E-state index contributed by atoms with van der Waals surface area (Å²) in [6.07, 6.45) is 1.78. The second kappa shape index (κ2) is 6.20. The molecule has 0 radical (unpaired) electrons. The van der Waals surface area contributed by atoms with Gasteiger partial charge in [0.1, 0.15) is 0 Å². The van der Waals surface area contributed by atoms with Crippen molar-refractivity contribution in [1.82, 2.24) is 4.72 Å². The minimum atomic E-state index is -3.96. The number of hydrogen-bond donors (Lipinski definition) is 2. The summed E-state index contributed by atoms with van der Waals surface area (Å²) in [5, 5.41) is 0. The molecule has 0 aliphatic heterocycles. The zero-order valence-electron chi connectivity index (χ0n) is 10.9. The summed E-state index contributed by atoms with van der Waals surface area (Å²) in [6.45, 7) is -3.05. The summed E-state index contributed by atoms with van der Waals surface area (Å²) >= 11 is 0. The molecule has 2 rings (SSSR count). The predicted molar refractivity (Wildman–Crippen MR) is 68.9 cm³/mol. The first-order valence-electron chi connectivity index (χ1n) is 6.30. The van der Waals surface area contributed by atoms with Crippen LogP contribution in [0.2, 0.25) is 0 Å². The molecule has 1 aromatic carbocycles. The van der Waals surface area contributed by atoms with E-state index >= 15 is 0 Å². The van der Waals surface area contributed by atoms with Gasteiger partial charge in [-0.05, 0) is 37.0 Å². The summed E-state index contributed by atoms with van der Waals surface area (Å²) < 4.78 is 68.1. The highest BCUT2D eigenvalue weighted by molar-refractivity contribution is 7.89. The summed E-state index contributed by atoms with van der Waals surface area (Å²) in [5.41, 5.74) is 5.50. The molecule has 0 bridgehead atoms. The molecule has 1 aromatic rings. The average molecular weight is 324 g/mol. The molecule has 0 amide bonds. The lowest BCUT2D eigenvalue weighted by Crippen LogP contribution is -2.41. The van der Waals surface area contributed by atoms with Gasteiger partial charge < -0.3 is 10.5 Å². The Hall–Kier alpha value is -1.32. The zero-order chi connectivity index (χ0) is 15.6. The molecular formula is C12H15F3N2O3S. The average Bonchev–Trinajstić information content (AvgIpc) is 3.22. The highest BCUT2D eigenvalue weighted by atomic mass is 32.2. The third-order valence-electron chi connectivity index (χ3n) is 3.18. The quantitative estimate of drug-likeness (QED) is 0.795. The molecular weight excluding hydrogens is 309 g/mol. The minimum Gasteiger partial charge on any atom is -0.432 e. The molecule has 1 aliphatic carbocycles. The van der Waals surface area contributed by atoms with Crippen molar-refractivity contribution in [3.63, 3.8) is 0 Å². The Bertz CT molecular complexity index is 606. The lowest BCUT2D eigenvalue weighted by molar-refractivity contribution is -0.0522. The van der Waals surface area contributed by atoms with Gasteiger partial charge in [0.25, 0.3) is 0 Å². The van der Waals surface area contributed by atoms with Crippen LogP contribution in [0, 0.1) is 11.7 Å². The van der Waals surface area contributed by atoms with E-state index < -0.39 is 34.2 Å². The van der Waals surface area contributed by atoms with Gasteiger partial charge in [-0.2, -0.15) is 8.78 Å². The van der Waals surface area contributed by atoms with E-state index in [0.717, 1.165) is 25.0 Å². The van der Waals surface area contributed by atoms with Crippen LogP contribution in [0.3, 0.4) is 0 Å². The highest BCUT2D eigenvalue weighted by Crippen LogP contribution is 2.33. The molecule has 1 unspecified atom stereocenters. The van der Waals surface area contributed by atoms with Gasteiger partial charge in [-0.25, -0.2) is 17.5 Å². The van der Waals surface area contributed by atoms with Crippen molar-refractivity contribution in [3.8, 4) is 5.75 Å². The number of nitrogens with one attached hydrogen (secondary N) is 1. The van der Waals surface area contributed by atoms with Crippen LogP contribution in [0.1, 0.15) is 12.8 Å². The minimum absolute atomic E-state index is 0.138. The Labute approximate surface area is 120 Å². The van der Waals surface area contributed by atoms with Gasteiger partial charge >= 0.3 is 6.61 Å². The molecule has 0 saturated heterocycles. The van der Waals surface area contributed by atoms with Crippen LogP contribution < -0.4 is 15.2 Å². The van der Waals surface area contributed by atoms with Gasteiger partial charge in [-0.3, -0.25) is 0 Å². The van der Waals surface area contributed by atoms with Crippen LogP contribution in [-0.2, 0) is 10.0 Å². The maximum atomic E-state index is 13.6. The van der Waals surface area contributed by atoms with Crippen LogP contribution in [0.5, 0.6) is 5.75 Å². The second-order valence-corrected chi connectivity index (χ2v) is 6.49. The van der Waals surface area contributed by atoms with Crippen molar-refractivity contribution in [2.75, 3.05) is 6.54 Å². The molecule has 21 heavy (non-hydrogen) atoms. The fourth-order valence-corrected chi connectivity index (χ4v) is 3.27. The number of halogens is 3. The SMILES string of the molecule is NCC(NS(=O)(=O)c1ccc(OC(F)F)c(F)c1)C1CC1. The van der Waals surface area contributed by atoms with E-state index in [0.29, 0.717) is 6.07 Å². The molecule has 9 heteroatoms. The summed E-state index contributed by atoms with van der Waals surface area (Å²) in [6, 6.07) is 2.09. The van der Waals surface area contributed by atoms with E-state index in [1.54, 1.807) is 0 Å². The topological polar surface area (TPSA) is 81.4 Å². The van der Waals surface area contributed by atoms with Gasteiger partial charge in [-0.1, -0.05) is 0 Å². The van der Waals surface area contributed by atoms with Crippen LogP contribution >= 0.6 is 0 Å². The molecule has 1 saturated carbocycles. The molecule has 0 spiro atoms. The number of ether oxygens (including phenoxy) is 1. The van der Waals surface area contributed by atoms with Crippen LogP contribution in [-0.4, -0.2) is 27.6 Å². The molecule has 3 N–H and O–H groups in total. The summed E-state index contributed by atoms with van der Waals surface area (Å²) in [5.74, 6) is -1.69. The Morgan fingerprint density at radius 1 is 1.38 bits per heavy atom. The molecule has 118 valence electrons. The Balaban J connectivity index is 2.17. The summed E-state index contributed by atoms with van der Waals surface area (Å²) in [7, 11) is -3.96. The van der Waals surface area contributed by atoms with Gasteiger partial charge in [-0.15, -0.1) is 0 Å². The largest absolute Gasteiger partial charge is 0.432 e. The van der Waals surface area contributed by atoms with E-state index in [4.69, 9.17) is 5.73 Å². The maximum Gasteiger partial charge on any atom is 0.387 e. The van der Waals surface area contributed by atoms with Crippen molar-refractivity contribution < 1.29 is 26.3 Å². The maximum absolute atomic E-state index is 13.6. The highest BCUT2D eigenvalue weighted by Gasteiger charge is 2.33. The predicted octanol–water partition coefficient (Wildman–Crippen LogP) is 1.44. The first-order valence-corrected chi connectivity index (χ1v) is 7.78. The van der Waals surface area contributed by atoms with Crippen molar-refractivity contribution in [3.05, 3.63) is 24.0 Å². The Kier molecular flexibility index (Phi) is 4.74. The fraction of sp³-hybridized carbons (Fsp3) is 0.500. The van der Waals surface area contributed by atoms with Gasteiger partial charge in [0.15, 0.2) is 11.6 Å². The third kappa shape index (κ3) is 4.08. The van der Waals surface area contributed by atoms with E-state index in [2.05, 4.69) is 9.46 Å². The van der Waals surface area contributed by atoms with Crippen molar-refractivity contribution in [1.29, 1.82) is 0 Å². The van der Waals surface area contributed by atoms with E-state index in [1.165, 1.54) is 0 Å². The van der Waals surface area contributed by atoms with E-state index in [9.17, 15) is 21.6 Å².